The molecule has 8 heteroatoms. The normalized spacial score (nSPS) is 19.5. The molecule has 2 atom stereocenters. The number of carbonyl (C=O) groups is 2. The van der Waals surface area contributed by atoms with Crippen LogP contribution in [0.4, 0.5) is 0 Å². The van der Waals surface area contributed by atoms with Crippen LogP contribution in [-0.2, 0) is 14.8 Å². The lowest BCUT2D eigenvalue weighted by Crippen LogP contribution is -2.42. The van der Waals surface area contributed by atoms with Crippen molar-refractivity contribution in [2.24, 2.45) is 5.92 Å². The van der Waals surface area contributed by atoms with Crippen LogP contribution in [-0.4, -0.2) is 60.8 Å². The summed E-state index contributed by atoms with van der Waals surface area (Å²) in [5.74, 6) is -2.08. The van der Waals surface area contributed by atoms with Gasteiger partial charge in [0.15, 0.2) is 0 Å². The maximum atomic E-state index is 13.0. The number of aliphatic carboxylic acids is 1. The largest absolute Gasteiger partial charge is 0.481 e. The predicted octanol–water partition coefficient (Wildman–Crippen LogP) is 2.35. The Balaban J connectivity index is 2.32. The Hall–Kier alpha value is -1.93. The summed E-state index contributed by atoms with van der Waals surface area (Å²) in [6, 6.07) is 4.51. The fourth-order valence-corrected chi connectivity index (χ4v) is 5.06. The summed E-state index contributed by atoms with van der Waals surface area (Å²) in [6.07, 6.45) is 2.67. The lowest BCUT2D eigenvalue weighted by molar-refractivity contribution is -0.141. The highest BCUT2D eigenvalue weighted by Gasteiger charge is 2.32. The number of carbonyl (C=O) groups excluding carboxylic acids is 1. The fourth-order valence-electron chi connectivity index (χ4n) is 3.33. The molecular formula is C19H28N2O5S. The van der Waals surface area contributed by atoms with Gasteiger partial charge in [0.1, 0.15) is 0 Å². The number of carboxylic acid groups (broad SMARTS) is 1. The van der Waals surface area contributed by atoms with Crippen molar-refractivity contribution < 1.29 is 23.1 Å². The van der Waals surface area contributed by atoms with E-state index < -0.39 is 21.9 Å². The zero-order chi connectivity index (χ0) is 20.4. The van der Waals surface area contributed by atoms with Crippen LogP contribution < -0.4 is 0 Å². The molecule has 1 fully saturated rings. The van der Waals surface area contributed by atoms with E-state index >= 15 is 0 Å². The average molecular weight is 397 g/mol. The quantitative estimate of drug-likeness (QED) is 0.796. The third kappa shape index (κ3) is 4.68. The van der Waals surface area contributed by atoms with Gasteiger partial charge in [0.2, 0.25) is 10.0 Å². The van der Waals surface area contributed by atoms with E-state index in [9.17, 15) is 18.0 Å². The van der Waals surface area contributed by atoms with Gasteiger partial charge in [-0.3, -0.25) is 9.59 Å². The van der Waals surface area contributed by atoms with Crippen molar-refractivity contribution in [3.05, 3.63) is 29.3 Å². The van der Waals surface area contributed by atoms with E-state index in [0.29, 0.717) is 12.1 Å². The van der Waals surface area contributed by atoms with E-state index in [-0.39, 0.29) is 29.0 Å². The van der Waals surface area contributed by atoms with Gasteiger partial charge in [-0.05, 0) is 44.4 Å². The number of benzene rings is 1. The van der Waals surface area contributed by atoms with Crippen molar-refractivity contribution in [1.82, 2.24) is 9.21 Å². The zero-order valence-corrected chi connectivity index (χ0v) is 17.1. The Morgan fingerprint density at radius 3 is 2.59 bits per heavy atom. The number of aryl methyl sites for hydroxylation is 1. The summed E-state index contributed by atoms with van der Waals surface area (Å²) in [5, 5.41) is 9.03. The predicted molar refractivity (Wildman–Crippen MR) is 102 cm³/mol. The standard InChI is InChI=1S/C19H28N2O5S/c1-13-8-9-16(27(25,26)21-10-6-5-7-15(21)3)11-17(13)18(22)20(4)12-14(2)19(23)24/h8-9,11,14-15H,5-7,10,12H2,1-4H3,(H,23,24). The molecule has 1 aromatic rings. The van der Waals surface area contributed by atoms with Crippen LogP contribution in [0, 0.1) is 12.8 Å². The summed E-state index contributed by atoms with van der Waals surface area (Å²) < 4.78 is 27.6. The second-order valence-corrected chi connectivity index (χ2v) is 9.25. The average Bonchev–Trinajstić information content (AvgIpc) is 2.61. The third-order valence-corrected chi connectivity index (χ3v) is 7.11. The molecule has 0 aromatic heterocycles. The first-order chi connectivity index (χ1) is 12.6. The SMILES string of the molecule is Cc1ccc(S(=O)(=O)N2CCCCC2C)cc1C(=O)N(C)CC(C)C(=O)O. The van der Waals surface area contributed by atoms with E-state index in [1.807, 2.05) is 6.92 Å². The minimum atomic E-state index is -3.68. The Bertz CT molecular complexity index is 821. The maximum absolute atomic E-state index is 13.0. The molecule has 1 aliphatic heterocycles. The monoisotopic (exact) mass is 396 g/mol. The summed E-state index contributed by atoms with van der Waals surface area (Å²) in [6.45, 7) is 5.70. The van der Waals surface area contributed by atoms with Gasteiger partial charge in [-0.15, -0.1) is 0 Å². The molecule has 1 saturated heterocycles. The number of hydrogen-bond acceptors (Lipinski definition) is 4. The van der Waals surface area contributed by atoms with E-state index in [1.165, 1.54) is 35.3 Å². The zero-order valence-electron chi connectivity index (χ0n) is 16.3. The van der Waals surface area contributed by atoms with Gasteiger partial charge in [0.05, 0.1) is 10.8 Å². The van der Waals surface area contributed by atoms with Crippen LogP contribution in [0.2, 0.25) is 0 Å². The second kappa shape index (κ2) is 8.39. The highest BCUT2D eigenvalue weighted by Crippen LogP contribution is 2.26. The third-order valence-electron chi connectivity index (χ3n) is 5.10. The molecule has 0 aliphatic carbocycles. The van der Waals surface area contributed by atoms with Crippen molar-refractivity contribution in [3.63, 3.8) is 0 Å². The topological polar surface area (TPSA) is 95.0 Å². The van der Waals surface area contributed by atoms with Crippen LogP contribution in [0.3, 0.4) is 0 Å². The molecule has 1 aliphatic rings. The van der Waals surface area contributed by atoms with Crippen molar-refractivity contribution in [2.75, 3.05) is 20.1 Å². The summed E-state index contributed by atoms with van der Waals surface area (Å²) in [5.41, 5.74) is 0.932. The lowest BCUT2D eigenvalue weighted by atomic mass is 10.1. The van der Waals surface area contributed by atoms with E-state index in [1.54, 1.807) is 13.0 Å². The van der Waals surface area contributed by atoms with Gasteiger partial charge in [-0.2, -0.15) is 4.31 Å². The molecule has 1 amide bonds. The van der Waals surface area contributed by atoms with Crippen molar-refractivity contribution in [2.45, 2.75) is 51.0 Å². The number of rotatable bonds is 6. The fraction of sp³-hybridized carbons (Fsp3) is 0.579. The number of piperidine rings is 1. The van der Waals surface area contributed by atoms with Crippen LogP contribution >= 0.6 is 0 Å². The molecule has 150 valence electrons. The Morgan fingerprint density at radius 2 is 2.00 bits per heavy atom. The highest BCUT2D eigenvalue weighted by molar-refractivity contribution is 7.89. The molecule has 0 radical (unpaired) electrons. The van der Waals surface area contributed by atoms with E-state index in [2.05, 4.69) is 0 Å². The first-order valence-electron chi connectivity index (χ1n) is 9.16. The van der Waals surface area contributed by atoms with Crippen LogP contribution in [0.25, 0.3) is 0 Å². The number of hydrogen-bond donors (Lipinski definition) is 1. The van der Waals surface area contributed by atoms with Crippen molar-refractivity contribution in [3.8, 4) is 0 Å². The van der Waals surface area contributed by atoms with Gasteiger partial charge >= 0.3 is 5.97 Å². The van der Waals surface area contributed by atoms with Gasteiger partial charge in [-0.25, -0.2) is 8.42 Å². The number of sulfonamides is 1. The first-order valence-corrected chi connectivity index (χ1v) is 10.6. The molecule has 0 saturated carbocycles. The molecule has 1 heterocycles. The number of nitrogens with zero attached hydrogens (tertiary/aromatic N) is 2. The molecule has 0 spiro atoms. The van der Waals surface area contributed by atoms with Crippen molar-refractivity contribution in [1.29, 1.82) is 0 Å². The van der Waals surface area contributed by atoms with Crippen LogP contribution in [0.5, 0.6) is 0 Å². The molecule has 27 heavy (non-hydrogen) atoms. The van der Waals surface area contributed by atoms with Crippen LogP contribution in [0.15, 0.2) is 23.1 Å². The molecule has 2 unspecified atom stereocenters. The highest BCUT2D eigenvalue weighted by atomic mass is 32.2. The Labute approximate surface area is 161 Å². The van der Waals surface area contributed by atoms with E-state index in [4.69, 9.17) is 5.11 Å². The summed E-state index contributed by atoms with van der Waals surface area (Å²) >= 11 is 0. The molecular weight excluding hydrogens is 368 g/mol. The Kier molecular flexibility index (Phi) is 6.64. The minimum absolute atomic E-state index is 0.0493. The Morgan fingerprint density at radius 1 is 1.33 bits per heavy atom. The molecule has 0 bridgehead atoms. The molecule has 1 N–H and O–H groups in total. The summed E-state index contributed by atoms with van der Waals surface area (Å²) in [4.78, 5) is 25.2. The van der Waals surface area contributed by atoms with Crippen molar-refractivity contribution >= 4 is 21.9 Å². The minimum Gasteiger partial charge on any atom is -0.481 e. The number of amides is 1. The van der Waals surface area contributed by atoms with Gasteiger partial charge < -0.3 is 10.0 Å². The summed E-state index contributed by atoms with van der Waals surface area (Å²) in [7, 11) is -2.15. The molecule has 2 rings (SSSR count). The van der Waals surface area contributed by atoms with Gasteiger partial charge in [0.25, 0.3) is 5.91 Å². The van der Waals surface area contributed by atoms with E-state index in [0.717, 1.165) is 19.3 Å². The van der Waals surface area contributed by atoms with Gasteiger partial charge in [0, 0.05) is 31.7 Å². The van der Waals surface area contributed by atoms with Crippen LogP contribution in [0.1, 0.15) is 49.0 Å². The molecule has 1 aromatic carbocycles. The second-order valence-electron chi connectivity index (χ2n) is 7.36. The molecule has 7 nitrogen and oxygen atoms in total. The smallest absolute Gasteiger partial charge is 0.308 e. The number of carboxylic acids is 1. The lowest BCUT2D eigenvalue weighted by Gasteiger charge is -2.32. The first kappa shape index (κ1) is 21.4. The maximum Gasteiger partial charge on any atom is 0.308 e. The van der Waals surface area contributed by atoms with Gasteiger partial charge in [-0.1, -0.05) is 19.4 Å².